The minimum absolute atomic E-state index is 0.0684. The molecule has 2 aromatic carbocycles. The Labute approximate surface area is 179 Å². The van der Waals surface area contributed by atoms with E-state index in [1.807, 2.05) is 37.3 Å². The molecule has 8 nitrogen and oxygen atoms in total. The lowest BCUT2D eigenvalue weighted by atomic mass is 10.0. The second-order valence-corrected chi connectivity index (χ2v) is 7.98. The van der Waals surface area contributed by atoms with E-state index in [0.717, 1.165) is 5.56 Å². The summed E-state index contributed by atoms with van der Waals surface area (Å²) in [6.07, 6.45) is 0.0167. The number of amides is 2. The van der Waals surface area contributed by atoms with Crippen molar-refractivity contribution < 1.29 is 29.0 Å². The summed E-state index contributed by atoms with van der Waals surface area (Å²) < 4.78 is 11.2. The minimum Gasteiger partial charge on any atom is -0.478 e. The van der Waals surface area contributed by atoms with Crippen LogP contribution in [0.5, 0.6) is 5.75 Å². The van der Waals surface area contributed by atoms with Crippen LogP contribution in [0.1, 0.15) is 34.8 Å². The van der Waals surface area contributed by atoms with Gasteiger partial charge in [-0.05, 0) is 30.2 Å². The number of benzene rings is 2. The summed E-state index contributed by atoms with van der Waals surface area (Å²) in [5.74, 6) is -0.737. The lowest BCUT2D eigenvalue weighted by Crippen LogP contribution is -2.51. The summed E-state index contributed by atoms with van der Waals surface area (Å²) in [5, 5.41) is 12.1. The van der Waals surface area contributed by atoms with E-state index in [-0.39, 0.29) is 37.1 Å². The van der Waals surface area contributed by atoms with Crippen LogP contribution in [-0.2, 0) is 16.1 Å². The van der Waals surface area contributed by atoms with Crippen molar-refractivity contribution in [2.45, 2.75) is 32.5 Å². The molecule has 0 saturated heterocycles. The number of aryl methyl sites for hydroxylation is 1. The smallest absolute Gasteiger partial charge is 0.407 e. The normalized spacial score (nSPS) is 21.3. The second-order valence-electron chi connectivity index (χ2n) is 7.98. The van der Waals surface area contributed by atoms with Crippen molar-refractivity contribution in [1.29, 1.82) is 0 Å². The molecule has 0 radical (unpaired) electrons. The Morgan fingerprint density at radius 2 is 2.00 bits per heavy atom. The Hall–Kier alpha value is -3.55. The zero-order chi connectivity index (χ0) is 22.2. The van der Waals surface area contributed by atoms with Crippen LogP contribution < -0.4 is 15.0 Å². The zero-order valence-corrected chi connectivity index (χ0v) is 17.4. The molecule has 2 unspecified atom stereocenters. The third-order valence-electron chi connectivity index (χ3n) is 5.79. The molecule has 4 rings (SSSR count). The van der Waals surface area contributed by atoms with Crippen LogP contribution in [0.25, 0.3) is 0 Å². The van der Waals surface area contributed by atoms with Crippen molar-refractivity contribution in [1.82, 2.24) is 5.32 Å². The molecule has 1 aliphatic heterocycles. The predicted molar refractivity (Wildman–Crippen MR) is 112 cm³/mol. The average Bonchev–Trinajstić information content (AvgIpc) is 3.39. The van der Waals surface area contributed by atoms with Gasteiger partial charge in [0, 0.05) is 25.4 Å². The molecule has 0 bridgehead atoms. The number of aromatic carboxylic acids is 1. The molecule has 0 aromatic heterocycles. The fraction of sp³-hybridized carbons (Fsp3) is 0.348. The van der Waals surface area contributed by atoms with Gasteiger partial charge in [0.15, 0.2) is 5.60 Å². The molecule has 1 aliphatic carbocycles. The summed E-state index contributed by atoms with van der Waals surface area (Å²) >= 11 is 0. The van der Waals surface area contributed by atoms with Crippen LogP contribution in [0.3, 0.4) is 0 Å². The highest BCUT2D eigenvalue weighted by Gasteiger charge is 2.64. The van der Waals surface area contributed by atoms with Gasteiger partial charge in [-0.15, -0.1) is 0 Å². The molecule has 162 valence electrons. The zero-order valence-electron chi connectivity index (χ0n) is 17.4. The number of anilines is 1. The number of rotatable bonds is 6. The van der Waals surface area contributed by atoms with Crippen LogP contribution >= 0.6 is 0 Å². The van der Waals surface area contributed by atoms with Gasteiger partial charge in [-0.25, -0.2) is 9.59 Å². The highest BCUT2D eigenvalue weighted by atomic mass is 16.5. The van der Waals surface area contributed by atoms with E-state index in [0.29, 0.717) is 23.4 Å². The number of alkyl carbamates (subject to hydrolysis) is 1. The van der Waals surface area contributed by atoms with Crippen molar-refractivity contribution >= 4 is 23.7 Å². The van der Waals surface area contributed by atoms with Gasteiger partial charge in [0.1, 0.15) is 12.4 Å². The SMILES string of the molecule is Cc1cc2c(cc1C(=O)O)N(CCNC(=O)OCc1ccccc1)C(=O)C1(CC1C)O2. The monoisotopic (exact) mass is 424 g/mol. The Bertz CT molecular complexity index is 1040. The van der Waals surface area contributed by atoms with Gasteiger partial charge in [-0.3, -0.25) is 4.79 Å². The fourth-order valence-electron chi connectivity index (χ4n) is 3.87. The minimum atomic E-state index is -1.07. The maximum absolute atomic E-state index is 13.1. The van der Waals surface area contributed by atoms with E-state index >= 15 is 0 Å². The van der Waals surface area contributed by atoms with E-state index in [4.69, 9.17) is 9.47 Å². The number of carbonyl (C=O) groups is 3. The second kappa shape index (κ2) is 7.94. The molecule has 1 heterocycles. The Balaban J connectivity index is 1.45. The molecule has 2 atom stereocenters. The van der Waals surface area contributed by atoms with Gasteiger partial charge in [-0.2, -0.15) is 0 Å². The lowest BCUT2D eigenvalue weighted by Gasteiger charge is -2.35. The maximum Gasteiger partial charge on any atom is 0.407 e. The van der Waals surface area contributed by atoms with E-state index in [9.17, 15) is 19.5 Å². The highest BCUT2D eigenvalue weighted by Crippen LogP contribution is 2.53. The first-order chi connectivity index (χ1) is 14.8. The van der Waals surface area contributed by atoms with Crippen molar-refractivity contribution in [3.8, 4) is 5.75 Å². The Morgan fingerprint density at radius 3 is 2.65 bits per heavy atom. The molecule has 2 N–H and O–H groups in total. The quantitative estimate of drug-likeness (QED) is 0.738. The van der Waals surface area contributed by atoms with Crippen LogP contribution in [0.15, 0.2) is 42.5 Å². The largest absolute Gasteiger partial charge is 0.478 e. The van der Waals surface area contributed by atoms with Crippen LogP contribution in [0, 0.1) is 12.8 Å². The highest BCUT2D eigenvalue weighted by molar-refractivity contribution is 6.06. The number of hydrogen-bond acceptors (Lipinski definition) is 5. The van der Waals surface area contributed by atoms with Gasteiger partial charge in [0.2, 0.25) is 0 Å². The van der Waals surface area contributed by atoms with Gasteiger partial charge in [-0.1, -0.05) is 37.3 Å². The van der Waals surface area contributed by atoms with E-state index in [1.54, 1.807) is 13.0 Å². The van der Waals surface area contributed by atoms with Gasteiger partial charge in [0.05, 0.1) is 11.3 Å². The first-order valence-corrected chi connectivity index (χ1v) is 10.2. The summed E-state index contributed by atoms with van der Waals surface area (Å²) in [5.41, 5.74) is 1.04. The summed E-state index contributed by atoms with van der Waals surface area (Å²) in [6.45, 7) is 4.11. The molecule has 1 saturated carbocycles. The van der Waals surface area contributed by atoms with Gasteiger partial charge in [0.25, 0.3) is 5.91 Å². The van der Waals surface area contributed by atoms with Gasteiger partial charge < -0.3 is 24.8 Å². The summed E-state index contributed by atoms with van der Waals surface area (Å²) in [6, 6.07) is 12.4. The van der Waals surface area contributed by atoms with E-state index in [1.165, 1.54) is 11.0 Å². The first-order valence-electron chi connectivity index (χ1n) is 10.2. The Kier molecular flexibility index (Phi) is 5.31. The molecule has 2 aromatic rings. The number of hydrogen-bond donors (Lipinski definition) is 2. The number of nitrogens with zero attached hydrogens (tertiary/aromatic N) is 1. The molecule has 1 spiro atoms. The topological polar surface area (TPSA) is 105 Å². The maximum atomic E-state index is 13.1. The first kappa shape index (κ1) is 20.7. The molecule has 31 heavy (non-hydrogen) atoms. The molecular formula is C23H24N2O6. The van der Waals surface area contributed by atoms with Crippen molar-refractivity contribution in [3.05, 3.63) is 59.2 Å². The van der Waals surface area contributed by atoms with Crippen molar-refractivity contribution in [3.63, 3.8) is 0 Å². The molecular weight excluding hydrogens is 400 g/mol. The van der Waals surface area contributed by atoms with Crippen molar-refractivity contribution in [2.24, 2.45) is 5.92 Å². The number of nitrogens with one attached hydrogen (secondary N) is 1. The average molecular weight is 424 g/mol. The van der Waals surface area contributed by atoms with Crippen LogP contribution in [-0.4, -0.2) is 41.8 Å². The van der Waals surface area contributed by atoms with Crippen LogP contribution in [0.2, 0.25) is 0 Å². The molecule has 1 fully saturated rings. The summed E-state index contributed by atoms with van der Waals surface area (Å²) in [7, 11) is 0. The van der Waals surface area contributed by atoms with E-state index < -0.39 is 17.7 Å². The van der Waals surface area contributed by atoms with E-state index in [2.05, 4.69) is 5.32 Å². The predicted octanol–water partition coefficient (Wildman–Crippen LogP) is 3.12. The lowest BCUT2D eigenvalue weighted by molar-refractivity contribution is -0.129. The number of carboxylic acids is 1. The van der Waals surface area contributed by atoms with Crippen LogP contribution in [0.4, 0.5) is 10.5 Å². The third kappa shape index (κ3) is 3.93. The van der Waals surface area contributed by atoms with Crippen molar-refractivity contribution in [2.75, 3.05) is 18.0 Å². The Morgan fingerprint density at radius 1 is 1.29 bits per heavy atom. The number of carbonyl (C=O) groups excluding carboxylic acids is 2. The fourth-order valence-corrected chi connectivity index (χ4v) is 3.87. The molecule has 8 heteroatoms. The third-order valence-corrected chi connectivity index (χ3v) is 5.79. The van der Waals surface area contributed by atoms with Gasteiger partial charge >= 0.3 is 12.1 Å². The standard InChI is InChI=1S/C23H24N2O6/c1-14-10-19-18(11-17(14)20(26)27)25(21(28)23(31-19)12-15(23)2)9-8-24-22(29)30-13-16-6-4-3-5-7-16/h3-7,10-11,15H,8-9,12-13H2,1-2H3,(H,24,29)(H,26,27). The summed E-state index contributed by atoms with van der Waals surface area (Å²) in [4.78, 5) is 38.2. The number of fused-ring (bicyclic) bond motifs is 1. The molecule has 2 aliphatic rings. The molecule has 2 amide bonds. The number of carboxylic acid groups (broad SMARTS) is 1. The number of ether oxygens (including phenoxy) is 2.